The van der Waals surface area contributed by atoms with Crippen LogP contribution < -0.4 is 0 Å². The number of carbonyl (C=O) groups is 1. The fourth-order valence-electron chi connectivity index (χ4n) is 3.07. The molecule has 1 unspecified atom stereocenters. The second-order valence-electron chi connectivity index (χ2n) is 6.20. The van der Waals surface area contributed by atoms with Gasteiger partial charge < -0.3 is 14.9 Å². The molecule has 1 aliphatic heterocycles. The van der Waals surface area contributed by atoms with Crippen molar-refractivity contribution in [2.75, 3.05) is 26.2 Å². The van der Waals surface area contributed by atoms with Crippen LogP contribution in [-0.2, 0) is 9.63 Å². The van der Waals surface area contributed by atoms with Gasteiger partial charge >= 0.3 is 5.97 Å². The predicted octanol–water partition coefficient (Wildman–Crippen LogP) is 2.58. The maximum atomic E-state index is 11.1. The molecule has 1 aliphatic rings. The molecule has 132 valence electrons. The van der Waals surface area contributed by atoms with Crippen LogP contribution in [0.3, 0.4) is 0 Å². The van der Waals surface area contributed by atoms with Gasteiger partial charge in [-0.25, -0.2) is 0 Å². The Morgan fingerprint density at radius 3 is 2.84 bits per heavy atom. The molecular weight excluding hydrogens is 318 g/mol. The number of carboxylic acid groups (broad SMARTS) is 1. The number of carboxylic acids is 1. The van der Waals surface area contributed by atoms with Gasteiger partial charge in [-0.3, -0.25) is 9.69 Å². The van der Waals surface area contributed by atoms with E-state index in [1.807, 2.05) is 48.7 Å². The number of H-pyrrole nitrogens is 1. The number of aliphatic carboxylic acids is 1. The SMILES string of the molecule is O=C(O)C1CCCN(CCON=C(c2ccccc2)c2ccc[nH]2)C1. The number of nitrogens with one attached hydrogen (secondary N) is 1. The van der Waals surface area contributed by atoms with Crippen molar-refractivity contribution in [3.63, 3.8) is 0 Å². The van der Waals surface area contributed by atoms with Crippen LogP contribution in [0.25, 0.3) is 0 Å². The highest BCUT2D eigenvalue weighted by atomic mass is 16.6. The number of hydrogen-bond acceptors (Lipinski definition) is 4. The van der Waals surface area contributed by atoms with E-state index in [0.717, 1.165) is 36.4 Å². The maximum absolute atomic E-state index is 11.1. The van der Waals surface area contributed by atoms with E-state index in [1.54, 1.807) is 0 Å². The number of piperidine rings is 1. The Morgan fingerprint density at radius 2 is 2.12 bits per heavy atom. The average Bonchev–Trinajstić information content (AvgIpc) is 3.17. The fourth-order valence-corrected chi connectivity index (χ4v) is 3.07. The normalized spacial score (nSPS) is 18.9. The molecular formula is C19H23N3O3. The lowest BCUT2D eigenvalue weighted by atomic mass is 9.98. The largest absolute Gasteiger partial charge is 0.481 e. The van der Waals surface area contributed by atoms with E-state index in [0.29, 0.717) is 19.7 Å². The van der Waals surface area contributed by atoms with Crippen LogP contribution in [0.1, 0.15) is 24.1 Å². The minimum absolute atomic E-state index is 0.268. The second kappa shape index (κ2) is 8.48. The van der Waals surface area contributed by atoms with Gasteiger partial charge in [-0.05, 0) is 31.5 Å². The second-order valence-corrected chi connectivity index (χ2v) is 6.20. The molecule has 1 saturated heterocycles. The Hall–Kier alpha value is -2.60. The highest BCUT2D eigenvalue weighted by molar-refractivity contribution is 6.11. The third-order valence-corrected chi connectivity index (χ3v) is 4.41. The highest BCUT2D eigenvalue weighted by Crippen LogP contribution is 2.16. The lowest BCUT2D eigenvalue weighted by molar-refractivity contribution is -0.143. The number of benzene rings is 1. The van der Waals surface area contributed by atoms with E-state index in [1.165, 1.54) is 0 Å². The molecule has 0 bridgehead atoms. The third-order valence-electron chi connectivity index (χ3n) is 4.41. The molecule has 6 nitrogen and oxygen atoms in total. The summed E-state index contributed by atoms with van der Waals surface area (Å²) in [7, 11) is 0. The topological polar surface area (TPSA) is 77.9 Å². The van der Waals surface area contributed by atoms with Crippen molar-refractivity contribution in [3.8, 4) is 0 Å². The maximum Gasteiger partial charge on any atom is 0.307 e. The van der Waals surface area contributed by atoms with Gasteiger partial charge in [-0.1, -0.05) is 35.5 Å². The molecule has 0 amide bonds. The summed E-state index contributed by atoms with van der Waals surface area (Å²) in [5.41, 5.74) is 2.64. The number of hydrogen-bond donors (Lipinski definition) is 2. The van der Waals surface area contributed by atoms with Crippen LogP contribution in [-0.4, -0.2) is 52.9 Å². The van der Waals surface area contributed by atoms with Crippen LogP contribution in [0.5, 0.6) is 0 Å². The summed E-state index contributed by atoms with van der Waals surface area (Å²) in [5.74, 6) is -0.974. The third kappa shape index (κ3) is 4.70. The zero-order valence-corrected chi connectivity index (χ0v) is 14.1. The number of rotatable bonds is 7. The van der Waals surface area contributed by atoms with Crippen LogP contribution in [0.4, 0.5) is 0 Å². The van der Waals surface area contributed by atoms with Crippen LogP contribution in [0.2, 0.25) is 0 Å². The number of likely N-dealkylation sites (tertiary alicyclic amines) is 1. The van der Waals surface area contributed by atoms with Crippen LogP contribution in [0, 0.1) is 5.92 Å². The highest BCUT2D eigenvalue weighted by Gasteiger charge is 2.24. The number of aromatic amines is 1. The molecule has 6 heteroatoms. The summed E-state index contributed by atoms with van der Waals surface area (Å²) >= 11 is 0. The van der Waals surface area contributed by atoms with Crippen molar-refractivity contribution in [3.05, 3.63) is 59.9 Å². The van der Waals surface area contributed by atoms with E-state index in [2.05, 4.69) is 15.0 Å². The monoisotopic (exact) mass is 341 g/mol. The Balaban J connectivity index is 1.58. The zero-order chi connectivity index (χ0) is 17.5. The van der Waals surface area contributed by atoms with Crippen LogP contribution in [0.15, 0.2) is 53.8 Å². The molecule has 1 aromatic carbocycles. The molecule has 2 heterocycles. The molecule has 0 saturated carbocycles. The Morgan fingerprint density at radius 1 is 1.28 bits per heavy atom. The first-order valence-corrected chi connectivity index (χ1v) is 8.58. The standard InChI is InChI=1S/C19H23N3O3/c23-19(24)16-8-5-11-22(14-16)12-13-25-21-18(17-9-4-10-20-17)15-6-2-1-3-7-15/h1-4,6-7,9-10,16,20H,5,8,11-14H2,(H,23,24). The number of aromatic nitrogens is 1. The van der Waals surface area contributed by atoms with Crippen molar-refractivity contribution >= 4 is 11.7 Å². The van der Waals surface area contributed by atoms with Crippen LogP contribution >= 0.6 is 0 Å². The summed E-state index contributed by atoms with van der Waals surface area (Å²) in [6, 6.07) is 13.8. The first-order valence-electron chi connectivity index (χ1n) is 8.58. The summed E-state index contributed by atoms with van der Waals surface area (Å²) in [6.45, 7) is 2.62. The van der Waals surface area contributed by atoms with E-state index < -0.39 is 5.97 Å². The summed E-state index contributed by atoms with van der Waals surface area (Å²) < 4.78 is 0. The van der Waals surface area contributed by atoms with Gasteiger partial charge in [0.25, 0.3) is 0 Å². The lowest BCUT2D eigenvalue weighted by Crippen LogP contribution is -2.40. The first-order chi connectivity index (χ1) is 12.2. The quantitative estimate of drug-likeness (QED) is 0.461. The fraction of sp³-hybridized carbons (Fsp3) is 0.368. The van der Waals surface area contributed by atoms with E-state index in [9.17, 15) is 4.79 Å². The Labute approximate surface area is 147 Å². The molecule has 3 rings (SSSR count). The van der Waals surface area contributed by atoms with Crippen molar-refractivity contribution in [2.24, 2.45) is 11.1 Å². The zero-order valence-electron chi connectivity index (χ0n) is 14.1. The Kier molecular flexibility index (Phi) is 5.85. The molecule has 0 spiro atoms. The minimum atomic E-state index is -0.707. The molecule has 0 radical (unpaired) electrons. The Bertz CT molecular complexity index is 698. The van der Waals surface area contributed by atoms with Gasteiger partial charge in [0, 0.05) is 24.8 Å². The average molecular weight is 341 g/mol. The van der Waals surface area contributed by atoms with Crippen molar-refractivity contribution in [1.82, 2.24) is 9.88 Å². The van der Waals surface area contributed by atoms with E-state index in [4.69, 9.17) is 9.94 Å². The van der Waals surface area contributed by atoms with E-state index in [-0.39, 0.29) is 5.92 Å². The molecule has 1 fully saturated rings. The minimum Gasteiger partial charge on any atom is -0.481 e. The van der Waals surface area contributed by atoms with Gasteiger partial charge in [-0.15, -0.1) is 0 Å². The first kappa shape index (κ1) is 17.2. The molecule has 2 aromatic rings. The van der Waals surface area contributed by atoms with E-state index >= 15 is 0 Å². The predicted molar refractivity (Wildman–Crippen MR) is 95.6 cm³/mol. The number of nitrogens with zero attached hydrogens (tertiary/aromatic N) is 2. The van der Waals surface area contributed by atoms with Gasteiger partial charge in [0.1, 0.15) is 12.3 Å². The smallest absolute Gasteiger partial charge is 0.307 e. The lowest BCUT2D eigenvalue weighted by Gasteiger charge is -2.29. The molecule has 1 aromatic heterocycles. The van der Waals surface area contributed by atoms with Gasteiger partial charge in [-0.2, -0.15) is 0 Å². The molecule has 25 heavy (non-hydrogen) atoms. The van der Waals surface area contributed by atoms with Crippen molar-refractivity contribution in [1.29, 1.82) is 0 Å². The summed E-state index contributed by atoms with van der Waals surface area (Å²) in [6.07, 6.45) is 3.53. The van der Waals surface area contributed by atoms with Crippen molar-refractivity contribution in [2.45, 2.75) is 12.8 Å². The summed E-state index contributed by atoms with van der Waals surface area (Å²) in [4.78, 5) is 22.0. The van der Waals surface area contributed by atoms with Gasteiger partial charge in [0.05, 0.1) is 11.6 Å². The molecule has 0 aliphatic carbocycles. The van der Waals surface area contributed by atoms with Gasteiger partial charge in [0.15, 0.2) is 0 Å². The van der Waals surface area contributed by atoms with Gasteiger partial charge in [0.2, 0.25) is 0 Å². The van der Waals surface area contributed by atoms with Crippen molar-refractivity contribution < 1.29 is 14.7 Å². The molecule has 1 atom stereocenters. The molecule has 2 N–H and O–H groups in total. The number of oxime groups is 1. The summed E-state index contributed by atoms with van der Waals surface area (Å²) in [5, 5.41) is 13.5.